The first-order valence-electron chi connectivity index (χ1n) is 8.28. The van der Waals surface area contributed by atoms with E-state index in [9.17, 15) is 0 Å². The fraction of sp³-hybridized carbons (Fsp3) is 0.0500. The summed E-state index contributed by atoms with van der Waals surface area (Å²) in [5.41, 5.74) is 5.50. The average molecular weight is 357 g/mol. The van der Waals surface area contributed by atoms with Crippen molar-refractivity contribution in [3.05, 3.63) is 65.9 Å². The number of hydrogen-bond acceptors (Lipinski definition) is 5. The third-order valence-corrected chi connectivity index (χ3v) is 5.49. The average Bonchev–Trinajstić information content (AvgIpc) is 3.32. The van der Waals surface area contributed by atoms with Crippen LogP contribution in [0.2, 0.25) is 0 Å². The predicted octanol–water partition coefficient (Wildman–Crippen LogP) is 5.29. The summed E-state index contributed by atoms with van der Waals surface area (Å²) in [6.45, 7) is 2.09. The highest BCUT2D eigenvalue weighted by Crippen LogP contribution is 2.38. The standard InChI is InChI=1S/C20H15N5S/c1-12-14-9-23-25-17(14)8-7-16(12)24-19-18-15(13-5-3-2-4-6-13)10-26-20(18)22-11-21-19/h2-11H,1H3,(H,23,25)(H,21,22,24). The number of H-pyrrole nitrogens is 1. The van der Waals surface area contributed by atoms with Crippen molar-refractivity contribution in [2.24, 2.45) is 0 Å². The van der Waals surface area contributed by atoms with Gasteiger partial charge in [0.2, 0.25) is 0 Å². The van der Waals surface area contributed by atoms with Crippen LogP contribution in [0, 0.1) is 6.92 Å². The van der Waals surface area contributed by atoms with Crippen molar-refractivity contribution in [2.75, 3.05) is 5.32 Å². The molecule has 0 aliphatic rings. The molecule has 26 heavy (non-hydrogen) atoms. The number of thiophene rings is 1. The van der Waals surface area contributed by atoms with E-state index in [2.05, 4.69) is 56.0 Å². The van der Waals surface area contributed by atoms with Crippen molar-refractivity contribution in [3.63, 3.8) is 0 Å². The minimum Gasteiger partial charge on any atom is -0.339 e. The third-order valence-electron chi connectivity index (χ3n) is 4.60. The Kier molecular flexibility index (Phi) is 3.43. The van der Waals surface area contributed by atoms with Gasteiger partial charge in [-0.25, -0.2) is 9.97 Å². The van der Waals surface area contributed by atoms with E-state index in [-0.39, 0.29) is 0 Å². The summed E-state index contributed by atoms with van der Waals surface area (Å²) in [7, 11) is 0. The molecule has 5 rings (SSSR count). The molecule has 0 fully saturated rings. The van der Waals surface area contributed by atoms with E-state index in [1.54, 1.807) is 17.7 Å². The molecule has 2 aromatic carbocycles. The van der Waals surface area contributed by atoms with Crippen molar-refractivity contribution in [1.82, 2.24) is 20.2 Å². The van der Waals surface area contributed by atoms with Gasteiger partial charge in [0.05, 0.1) is 17.1 Å². The molecule has 5 aromatic rings. The molecule has 0 aliphatic carbocycles. The maximum Gasteiger partial charge on any atom is 0.143 e. The van der Waals surface area contributed by atoms with Gasteiger partial charge >= 0.3 is 0 Å². The molecule has 0 unspecified atom stereocenters. The van der Waals surface area contributed by atoms with Crippen LogP contribution in [0.4, 0.5) is 11.5 Å². The fourth-order valence-electron chi connectivity index (χ4n) is 3.22. The van der Waals surface area contributed by atoms with Crippen LogP contribution in [0.3, 0.4) is 0 Å². The lowest BCUT2D eigenvalue weighted by Crippen LogP contribution is -1.97. The van der Waals surface area contributed by atoms with Crippen LogP contribution in [0.25, 0.3) is 32.2 Å². The lowest BCUT2D eigenvalue weighted by molar-refractivity contribution is 1.12. The molecule has 0 aliphatic heterocycles. The van der Waals surface area contributed by atoms with Gasteiger partial charge in [0, 0.05) is 22.0 Å². The van der Waals surface area contributed by atoms with Gasteiger partial charge in [-0.15, -0.1) is 11.3 Å². The van der Waals surface area contributed by atoms with E-state index in [1.165, 1.54) is 5.56 Å². The van der Waals surface area contributed by atoms with Gasteiger partial charge < -0.3 is 5.32 Å². The Labute approximate surface area is 153 Å². The highest BCUT2D eigenvalue weighted by Gasteiger charge is 2.14. The van der Waals surface area contributed by atoms with Crippen LogP contribution < -0.4 is 5.32 Å². The Morgan fingerprint density at radius 2 is 1.92 bits per heavy atom. The van der Waals surface area contributed by atoms with Crippen molar-refractivity contribution in [1.29, 1.82) is 0 Å². The molecule has 126 valence electrons. The summed E-state index contributed by atoms with van der Waals surface area (Å²) >= 11 is 1.64. The molecule has 3 aromatic heterocycles. The number of hydrogen-bond donors (Lipinski definition) is 2. The molecule has 6 heteroatoms. The molecule has 0 amide bonds. The van der Waals surface area contributed by atoms with Gasteiger partial charge in [-0.05, 0) is 30.2 Å². The van der Waals surface area contributed by atoms with Gasteiger partial charge in [0.1, 0.15) is 17.0 Å². The summed E-state index contributed by atoms with van der Waals surface area (Å²) in [6.07, 6.45) is 3.47. The Balaban J connectivity index is 1.67. The van der Waals surface area contributed by atoms with Crippen LogP contribution >= 0.6 is 11.3 Å². The van der Waals surface area contributed by atoms with E-state index in [4.69, 9.17) is 0 Å². The van der Waals surface area contributed by atoms with Gasteiger partial charge in [-0.2, -0.15) is 5.10 Å². The Morgan fingerprint density at radius 1 is 1.04 bits per heavy atom. The number of nitrogens with one attached hydrogen (secondary N) is 2. The van der Waals surface area contributed by atoms with Gasteiger partial charge in [0.15, 0.2) is 0 Å². The van der Waals surface area contributed by atoms with E-state index in [1.807, 2.05) is 30.5 Å². The fourth-order valence-corrected chi connectivity index (χ4v) is 4.14. The predicted molar refractivity (Wildman–Crippen MR) is 107 cm³/mol. The lowest BCUT2D eigenvalue weighted by atomic mass is 10.1. The van der Waals surface area contributed by atoms with Crippen LogP contribution in [0.1, 0.15) is 5.56 Å². The van der Waals surface area contributed by atoms with Crippen LogP contribution in [0.15, 0.2) is 60.4 Å². The lowest BCUT2D eigenvalue weighted by Gasteiger charge is -2.11. The Morgan fingerprint density at radius 3 is 2.81 bits per heavy atom. The molecule has 0 bridgehead atoms. The van der Waals surface area contributed by atoms with Crippen LogP contribution in [0.5, 0.6) is 0 Å². The first-order valence-corrected chi connectivity index (χ1v) is 9.16. The van der Waals surface area contributed by atoms with E-state index in [0.29, 0.717) is 0 Å². The summed E-state index contributed by atoms with van der Waals surface area (Å²) in [4.78, 5) is 9.95. The smallest absolute Gasteiger partial charge is 0.143 e. The van der Waals surface area contributed by atoms with Crippen molar-refractivity contribution in [3.8, 4) is 11.1 Å². The summed E-state index contributed by atoms with van der Waals surface area (Å²) in [5.74, 6) is 0.820. The van der Waals surface area contributed by atoms with Crippen molar-refractivity contribution >= 4 is 44.0 Å². The SMILES string of the molecule is Cc1c(Nc2ncnc3scc(-c4ccccc4)c23)ccc2[nH]ncc12. The topological polar surface area (TPSA) is 66.5 Å². The second-order valence-corrected chi connectivity index (χ2v) is 6.97. The van der Waals surface area contributed by atoms with Crippen LogP contribution in [-0.2, 0) is 0 Å². The first-order chi connectivity index (χ1) is 12.8. The number of benzene rings is 2. The quantitative estimate of drug-likeness (QED) is 0.461. The zero-order valence-electron chi connectivity index (χ0n) is 14.0. The molecule has 2 N–H and O–H groups in total. The largest absolute Gasteiger partial charge is 0.339 e. The zero-order valence-corrected chi connectivity index (χ0v) is 14.8. The van der Waals surface area contributed by atoms with Crippen molar-refractivity contribution in [2.45, 2.75) is 6.92 Å². The number of fused-ring (bicyclic) bond motifs is 2. The molecule has 0 atom stereocenters. The van der Waals surface area contributed by atoms with Gasteiger partial charge in [-0.3, -0.25) is 5.10 Å². The maximum absolute atomic E-state index is 4.53. The molecule has 0 radical (unpaired) electrons. The normalized spacial score (nSPS) is 11.3. The molecule has 0 saturated heterocycles. The number of aryl methyl sites for hydroxylation is 1. The molecule has 0 spiro atoms. The van der Waals surface area contributed by atoms with E-state index in [0.717, 1.165) is 43.8 Å². The summed E-state index contributed by atoms with van der Waals surface area (Å²) in [5, 5.41) is 14.9. The molecule has 5 nitrogen and oxygen atoms in total. The third kappa shape index (κ3) is 2.34. The highest BCUT2D eigenvalue weighted by molar-refractivity contribution is 7.17. The Hall–Kier alpha value is -3.25. The molecule has 3 heterocycles. The minimum absolute atomic E-state index is 0.820. The van der Waals surface area contributed by atoms with Crippen LogP contribution in [-0.4, -0.2) is 20.2 Å². The number of aromatic nitrogens is 4. The molecular weight excluding hydrogens is 342 g/mol. The van der Waals surface area contributed by atoms with Gasteiger partial charge in [-0.1, -0.05) is 30.3 Å². The van der Waals surface area contributed by atoms with Gasteiger partial charge in [0.25, 0.3) is 0 Å². The number of anilines is 2. The molecule has 0 saturated carbocycles. The second kappa shape index (κ2) is 5.93. The minimum atomic E-state index is 0.820. The first kappa shape index (κ1) is 15.0. The second-order valence-electron chi connectivity index (χ2n) is 6.11. The van der Waals surface area contributed by atoms with E-state index >= 15 is 0 Å². The maximum atomic E-state index is 4.53. The molecular formula is C20H15N5S. The van der Waals surface area contributed by atoms with E-state index < -0.39 is 0 Å². The highest BCUT2D eigenvalue weighted by atomic mass is 32.1. The monoisotopic (exact) mass is 357 g/mol. The summed E-state index contributed by atoms with van der Waals surface area (Å²) in [6, 6.07) is 14.4. The number of nitrogens with zero attached hydrogens (tertiary/aromatic N) is 3. The van der Waals surface area contributed by atoms with Crippen molar-refractivity contribution < 1.29 is 0 Å². The number of rotatable bonds is 3. The summed E-state index contributed by atoms with van der Waals surface area (Å²) < 4.78 is 0. The Bertz CT molecular complexity index is 1220. The zero-order chi connectivity index (χ0) is 17.5. The number of aromatic amines is 1.